The minimum atomic E-state index is -4.74. The van der Waals surface area contributed by atoms with Gasteiger partial charge in [-0.05, 0) is 17.7 Å². The first-order valence-electron chi connectivity index (χ1n) is 4.80. The lowest BCUT2D eigenvalue weighted by atomic mass is 10.1. The summed E-state index contributed by atoms with van der Waals surface area (Å²) in [6.07, 6.45) is -4.74. The number of nitrogens with one attached hydrogen (secondary N) is 1. The Morgan fingerprint density at radius 2 is 2.11 bits per heavy atom. The number of nitrogens with zero attached hydrogens (tertiary/aromatic N) is 3. The molecule has 0 bridgehead atoms. The normalized spacial score (nSPS) is 13.3. The Bertz CT molecular complexity index is 513. The summed E-state index contributed by atoms with van der Waals surface area (Å²) in [4.78, 5) is 0. The third-order valence-corrected chi connectivity index (χ3v) is 2.09. The molecule has 1 aromatic heterocycles. The predicted octanol–water partition coefficient (Wildman–Crippen LogP) is 1.15. The van der Waals surface area contributed by atoms with E-state index in [1.165, 1.54) is 18.2 Å². The number of nitrogens with two attached hydrogens (primary N) is 1. The zero-order valence-electron chi connectivity index (χ0n) is 8.85. The Morgan fingerprint density at radius 1 is 1.33 bits per heavy atom. The van der Waals surface area contributed by atoms with E-state index in [1.807, 2.05) is 0 Å². The molecule has 2 rings (SSSR count). The molecule has 0 saturated heterocycles. The van der Waals surface area contributed by atoms with Crippen molar-refractivity contribution in [3.8, 4) is 5.75 Å². The van der Waals surface area contributed by atoms with Crippen LogP contribution in [0.25, 0.3) is 0 Å². The van der Waals surface area contributed by atoms with Crippen LogP contribution in [-0.4, -0.2) is 27.0 Å². The maximum Gasteiger partial charge on any atom is 0.573 e. The highest BCUT2D eigenvalue weighted by Gasteiger charge is 2.31. The molecule has 3 N–H and O–H groups in total. The molecule has 1 aromatic carbocycles. The average molecular weight is 259 g/mol. The second-order valence-corrected chi connectivity index (χ2v) is 3.37. The quantitative estimate of drug-likeness (QED) is 0.862. The van der Waals surface area contributed by atoms with Crippen LogP contribution >= 0.6 is 0 Å². The standard InChI is InChI=1S/C9H8F3N5O/c10-9(11,12)18-6-3-1-2-5(4-6)7(13)8-14-16-17-15-8/h1-4,7H,13H2,(H,14,15,16,17). The van der Waals surface area contributed by atoms with Gasteiger partial charge >= 0.3 is 6.36 Å². The van der Waals surface area contributed by atoms with Crippen molar-refractivity contribution in [3.63, 3.8) is 0 Å². The molecular weight excluding hydrogens is 251 g/mol. The van der Waals surface area contributed by atoms with Crippen LogP contribution in [0, 0.1) is 0 Å². The number of benzene rings is 1. The fraction of sp³-hybridized carbons (Fsp3) is 0.222. The van der Waals surface area contributed by atoms with E-state index in [0.29, 0.717) is 5.56 Å². The van der Waals surface area contributed by atoms with Crippen molar-refractivity contribution in [2.75, 3.05) is 0 Å². The highest BCUT2D eigenvalue weighted by molar-refractivity contribution is 5.32. The Hall–Kier alpha value is -2.16. The largest absolute Gasteiger partial charge is 0.573 e. The van der Waals surface area contributed by atoms with Crippen LogP contribution in [0.2, 0.25) is 0 Å². The van der Waals surface area contributed by atoms with Gasteiger partial charge in [-0.3, -0.25) is 0 Å². The van der Waals surface area contributed by atoms with Gasteiger partial charge in [0.25, 0.3) is 0 Å². The first-order valence-corrected chi connectivity index (χ1v) is 4.80. The second-order valence-electron chi connectivity index (χ2n) is 3.37. The number of halogens is 3. The molecule has 0 fully saturated rings. The Morgan fingerprint density at radius 3 is 2.72 bits per heavy atom. The van der Waals surface area contributed by atoms with Crippen LogP contribution in [0.15, 0.2) is 24.3 Å². The molecule has 0 radical (unpaired) electrons. The Labute approximate surface area is 98.9 Å². The number of alkyl halides is 3. The summed E-state index contributed by atoms with van der Waals surface area (Å²) >= 11 is 0. The number of hydrogen-bond donors (Lipinski definition) is 2. The maximum absolute atomic E-state index is 12.1. The summed E-state index contributed by atoms with van der Waals surface area (Å²) in [5.74, 6) is -0.168. The third kappa shape index (κ3) is 2.94. The molecule has 1 atom stereocenters. The zero-order valence-corrected chi connectivity index (χ0v) is 8.85. The van der Waals surface area contributed by atoms with Crippen molar-refractivity contribution in [3.05, 3.63) is 35.7 Å². The van der Waals surface area contributed by atoms with Gasteiger partial charge in [0.15, 0.2) is 5.82 Å². The fourth-order valence-corrected chi connectivity index (χ4v) is 1.36. The first-order chi connectivity index (χ1) is 8.46. The van der Waals surface area contributed by atoms with Crippen LogP contribution < -0.4 is 10.5 Å². The van der Waals surface area contributed by atoms with Crippen LogP contribution in [-0.2, 0) is 0 Å². The number of rotatable bonds is 3. The molecule has 9 heteroatoms. The highest BCUT2D eigenvalue weighted by atomic mass is 19.4. The molecular formula is C9H8F3N5O. The number of H-pyrrole nitrogens is 1. The molecule has 0 amide bonds. The monoisotopic (exact) mass is 259 g/mol. The smallest absolute Gasteiger partial charge is 0.406 e. The number of ether oxygens (including phenoxy) is 1. The summed E-state index contributed by atoms with van der Waals surface area (Å²) in [7, 11) is 0. The SMILES string of the molecule is NC(c1cccc(OC(F)(F)F)c1)c1nn[nH]n1. The molecule has 1 unspecified atom stereocenters. The van der Waals surface area contributed by atoms with E-state index in [2.05, 4.69) is 25.4 Å². The lowest BCUT2D eigenvalue weighted by Crippen LogP contribution is -2.18. The third-order valence-electron chi connectivity index (χ3n) is 2.09. The molecule has 18 heavy (non-hydrogen) atoms. The van der Waals surface area contributed by atoms with Gasteiger partial charge in [0.1, 0.15) is 5.75 Å². The number of aromatic nitrogens is 4. The van der Waals surface area contributed by atoms with Crippen molar-refractivity contribution in [2.45, 2.75) is 12.4 Å². The van der Waals surface area contributed by atoms with Gasteiger partial charge in [-0.1, -0.05) is 17.3 Å². The van der Waals surface area contributed by atoms with Crippen molar-refractivity contribution < 1.29 is 17.9 Å². The van der Waals surface area contributed by atoms with Gasteiger partial charge in [0.05, 0.1) is 6.04 Å². The van der Waals surface area contributed by atoms with E-state index >= 15 is 0 Å². The molecule has 1 heterocycles. The van der Waals surface area contributed by atoms with Crippen LogP contribution in [0.3, 0.4) is 0 Å². The molecule has 6 nitrogen and oxygen atoms in total. The molecule has 0 spiro atoms. The molecule has 96 valence electrons. The van der Waals surface area contributed by atoms with E-state index in [1.54, 1.807) is 6.07 Å². The summed E-state index contributed by atoms with van der Waals surface area (Å²) in [5, 5.41) is 12.9. The second kappa shape index (κ2) is 4.61. The highest BCUT2D eigenvalue weighted by Crippen LogP contribution is 2.25. The van der Waals surface area contributed by atoms with Crippen molar-refractivity contribution >= 4 is 0 Å². The van der Waals surface area contributed by atoms with E-state index < -0.39 is 12.4 Å². The van der Waals surface area contributed by atoms with E-state index in [-0.39, 0.29) is 11.6 Å². The van der Waals surface area contributed by atoms with Crippen molar-refractivity contribution in [2.24, 2.45) is 5.73 Å². The van der Waals surface area contributed by atoms with E-state index in [0.717, 1.165) is 0 Å². The fourth-order valence-electron chi connectivity index (χ4n) is 1.36. The summed E-state index contributed by atoms with van der Waals surface area (Å²) in [6.45, 7) is 0. The molecule has 0 saturated carbocycles. The molecule has 0 aliphatic heterocycles. The summed E-state index contributed by atoms with van der Waals surface area (Å²) in [6, 6.07) is 4.52. The van der Waals surface area contributed by atoms with Gasteiger partial charge in [0.2, 0.25) is 0 Å². The molecule has 0 aliphatic rings. The lowest BCUT2D eigenvalue weighted by Gasteiger charge is -2.12. The lowest BCUT2D eigenvalue weighted by molar-refractivity contribution is -0.274. The van der Waals surface area contributed by atoms with Gasteiger partial charge in [-0.2, -0.15) is 5.21 Å². The van der Waals surface area contributed by atoms with Crippen molar-refractivity contribution in [1.82, 2.24) is 20.6 Å². The Balaban J connectivity index is 2.22. The minimum Gasteiger partial charge on any atom is -0.406 e. The van der Waals surface area contributed by atoms with Gasteiger partial charge in [-0.25, -0.2) is 0 Å². The predicted molar refractivity (Wildman–Crippen MR) is 53.3 cm³/mol. The van der Waals surface area contributed by atoms with Crippen molar-refractivity contribution in [1.29, 1.82) is 0 Å². The number of hydrogen-bond acceptors (Lipinski definition) is 5. The number of aromatic amines is 1. The molecule has 0 aliphatic carbocycles. The van der Waals surface area contributed by atoms with E-state index in [4.69, 9.17) is 5.73 Å². The van der Waals surface area contributed by atoms with Gasteiger partial charge < -0.3 is 10.5 Å². The minimum absolute atomic E-state index is 0.180. The number of tetrazole rings is 1. The zero-order chi connectivity index (χ0) is 13.2. The Kier molecular flexibility index (Phi) is 3.15. The molecule has 2 aromatic rings. The van der Waals surface area contributed by atoms with Gasteiger partial charge in [0, 0.05) is 0 Å². The average Bonchev–Trinajstić information content (AvgIpc) is 2.79. The maximum atomic E-state index is 12.1. The summed E-state index contributed by atoms with van der Waals surface area (Å²) < 4.78 is 40.0. The topological polar surface area (TPSA) is 89.7 Å². The first kappa shape index (κ1) is 12.3. The van der Waals surface area contributed by atoms with E-state index in [9.17, 15) is 13.2 Å². The van der Waals surface area contributed by atoms with Gasteiger partial charge in [-0.15, -0.1) is 23.4 Å². The summed E-state index contributed by atoms with van der Waals surface area (Å²) in [5.41, 5.74) is 6.16. The van der Waals surface area contributed by atoms with Crippen LogP contribution in [0.4, 0.5) is 13.2 Å². The van der Waals surface area contributed by atoms with Crippen LogP contribution in [0.5, 0.6) is 5.75 Å². The van der Waals surface area contributed by atoms with Crippen LogP contribution in [0.1, 0.15) is 17.4 Å².